The second kappa shape index (κ2) is 9.04. The van der Waals surface area contributed by atoms with E-state index in [0.29, 0.717) is 55.0 Å². The van der Waals surface area contributed by atoms with Gasteiger partial charge in [-0.05, 0) is 82.4 Å². The van der Waals surface area contributed by atoms with Gasteiger partial charge in [-0.1, -0.05) is 18.7 Å². The predicted molar refractivity (Wildman–Crippen MR) is 156 cm³/mol. The van der Waals surface area contributed by atoms with Gasteiger partial charge in [-0.15, -0.1) is 5.10 Å². The number of aromatic nitrogens is 4. The maximum Gasteiger partial charge on any atom is 0.256 e. The molecule has 2 aromatic heterocycles. The Kier molecular flexibility index (Phi) is 5.48. The van der Waals surface area contributed by atoms with Crippen LogP contribution in [0.1, 0.15) is 52.5 Å². The van der Waals surface area contributed by atoms with Crippen molar-refractivity contribution in [3.05, 3.63) is 82.2 Å². The van der Waals surface area contributed by atoms with Crippen LogP contribution < -0.4 is 4.74 Å². The van der Waals surface area contributed by atoms with E-state index < -0.39 is 6.04 Å². The second-order valence-electron chi connectivity index (χ2n) is 11.7. The molecular weight excluding hydrogens is 584 g/mol. The number of carbonyl (C=O) groups excluding carboxylic acids is 2. The van der Waals surface area contributed by atoms with Crippen LogP contribution in [-0.2, 0) is 16.6 Å². The fraction of sp³-hybridized carbons (Fsp3) is 0.355. The highest BCUT2D eigenvalue weighted by molar-refractivity contribution is 9.10. The molecule has 3 aliphatic carbocycles. The molecule has 41 heavy (non-hydrogen) atoms. The van der Waals surface area contributed by atoms with Crippen molar-refractivity contribution in [2.24, 2.45) is 5.92 Å². The smallest absolute Gasteiger partial charge is 0.256 e. The normalized spacial score (nSPS) is 24.4. The number of H-pyrrole nitrogens is 1. The van der Waals surface area contributed by atoms with Crippen LogP contribution in [0.4, 0.5) is 0 Å². The molecule has 2 bridgehead atoms. The van der Waals surface area contributed by atoms with Crippen molar-refractivity contribution in [2.75, 3.05) is 26.2 Å². The van der Waals surface area contributed by atoms with E-state index in [0.717, 1.165) is 32.9 Å². The summed E-state index contributed by atoms with van der Waals surface area (Å²) in [4.78, 5) is 38.1. The van der Waals surface area contributed by atoms with Gasteiger partial charge in [0.2, 0.25) is 11.8 Å². The van der Waals surface area contributed by atoms with Crippen molar-refractivity contribution in [2.45, 2.75) is 37.1 Å². The zero-order valence-corrected chi connectivity index (χ0v) is 24.1. The van der Waals surface area contributed by atoms with Gasteiger partial charge in [0.15, 0.2) is 0 Å². The first kappa shape index (κ1) is 24.8. The Balaban J connectivity index is 1.21. The summed E-state index contributed by atoms with van der Waals surface area (Å²) >= 11 is 3.54. The van der Waals surface area contributed by atoms with Crippen LogP contribution in [0.2, 0.25) is 0 Å². The standard InChI is InChI=1S/C31H29BrN6O3/c1-2-25(39)36-11-12-41-29-26-23(38(35-29)20-5-3-19(4-6-20)31-13-18(14-31)15-31)9-10-37(24(26)16-36)30(40)21-7-8-22(32)28-27(21)33-17-34-28/h2-8,17-18,24H,1,9-16H2,(H,33,34). The third-order valence-electron chi connectivity index (χ3n) is 9.55. The predicted octanol–water partition coefficient (Wildman–Crippen LogP) is 4.71. The molecular formula is C31H29BrN6O3. The number of benzene rings is 2. The van der Waals surface area contributed by atoms with E-state index in [-0.39, 0.29) is 11.8 Å². The van der Waals surface area contributed by atoms with Crippen LogP contribution in [0.5, 0.6) is 5.88 Å². The average molecular weight is 614 g/mol. The van der Waals surface area contributed by atoms with Gasteiger partial charge in [-0.25, -0.2) is 9.67 Å². The largest absolute Gasteiger partial charge is 0.474 e. The van der Waals surface area contributed by atoms with Crippen molar-refractivity contribution in [1.82, 2.24) is 29.5 Å². The Morgan fingerprint density at radius 3 is 2.66 bits per heavy atom. The molecule has 2 aliphatic heterocycles. The number of fused-ring (bicyclic) bond motifs is 1. The van der Waals surface area contributed by atoms with E-state index in [1.807, 2.05) is 15.6 Å². The van der Waals surface area contributed by atoms with Gasteiger partial charge in [0.25, 0.3) is 5.91 Å². The number of hydrogen-bond donors (Lipinski definition) is 1. The monoisotopic (exact) mass is 612 g/mol. The molecule has 208 valence electrons. The van der Waals surface area contributed by atoms with Crippen molar-refractivity contribution in [3.8, 4) is 11.6 Å². The average Bonchev–Trinajstić information content (AvgIpc) is 3.56. The Morgan fingerprint density at radius 1 is 1.12 bits per heavy atom. The Bertz CT molecular complexity index is 1720. The topological polar surface area (TPSA) is 96.4 Å². The maximum absolute atomic E-state index is 14.2. The number of nitrogens with one attached hydrogen (secondary N) is 1. The number of halogens is 1. The van der Waals surface area contributed by atoms with Crippen LogP contribution in [0.3, 0.4) is 0 Å². The summed E-state index contributed by atoms with van der Waals surface area (Å²) in [6.07, 6.45) is 7.46. The molecule has 4 aromatic rings. The van der Waals surface area contributed by atoms with Crippen LogP contribution in [-0.4, -0.2) is 67.6 Å². The van der Waals surface area contributed by atoms with Crippen LogP contribution in [0, 0.1) is 5.92 Å². The molecule has 9 nitrogen and oxygen atoms in total. The van der Waals surface area contributed by atoms with Crippen molar-refractivity contribution in [1.29, 1.82) is 0 Å². The van der Waals surface area contributed by atoms with Crippen LogP contribution in [0.15, 0.2) is 59.9 Å². The summed E-state index contributed by atoms with van der Waals surface area (Å²) in [7, 11) is 0. The molecule has 2 amide bonds. The zero-order valence-electron chi connectivity index (χ0n) is 22.5. The molecule has 3 fully saturated rings. The number of nitrogens with zero attached hydrogens (tertiary/aromatic N) is 5. The lowest BCUT2D eigenvalue weighted by atomic mass is 9.42. The minimum absolute atomic E-state index is 0.140. The third kappa shape index (κ3) is 3.65. The minimum atomic E-state index is -0.433. The Morgan fingerprint density at radius 2 is 1.93 bits per heavy atom. The van der Waals surface area contributed by atoms with Gasteiger partial charge in [0.1, 0.15) is 12.1 Å². The minimum Gasteiger partial charge on any atom is -0.474 e. The number of imidazole rings is 1. The fourth-order valence-electron chi connectivity index (χ4n) is 7.31. The molecule has 9 rings (SSSR count). The summed E-state index contributed by atoms with van der Waals surface area (Å²) in [6.45, 7) is 5.19. The lowest BCUT2D eigenvalue weighted by molar-refractivity contribution is -0.127. The molecule has 0 saturated heterocycles. The van der Waals surface area contributed by atoms with Gasteiger partial charge in [-0.2, -0.15) is 0 Å². The molecule has 4 heterocycles. The molecule has 1 N–H and O–H groups in total. The van der Waals surface area contributed by atoms with Gasteiger partial charge >= 0.3 is 0 Å². The first-order valence-electron chi connectivity index (χ1n) is 14.2. The number of ether oxygens (including phenoxy) is 1. The highest BCUT2D eigenvalue weighted by Gasteiger charge is 2.57. The highest BCUT2D eigenvalue weighted by atomic mass is 79.9. The molecule has 2 aromatic carbocycles. The van der Waals surface area contributed by atoms with E-state index in [4.69, 9.17) is 9.84 Å². The van der Waals surface area contributed by atoms with Crippen LogP contribution >= 0.6 is 15.9 Å². The summed E-state index contributed by atoms with van der Waals surface area (Å²) in [5.74, 6) is 1.13. The van der Waals surface area contributed by atoms with Gasteiger partial charge in [0, 0.05) is 24.0 Å². The molecule has 1 atom stereocenters. The quantitative estimate of drug-likeness (QED) is 0.337. The Hall–Kier alpha value is -3.92. The number of hydrogen-bond acceptors (Lipinski definition) is 5. The summed E-state index contributed by atoms with van der Waals surface area (Å²) in [5.41, 5.74) is 6.58. The molecule has 0 radical (unpaired) electrons. The zero-order chi connectivity index (χ0) is 27.9. The summed E-state index contributed by atoms with van der Waals surface area (Å²) < 4.78 is 9.01. The molecule has 5 aliphatic rings. The van der Waals surface area contributed by atoms with E-state index in [9.17, 15) is 9.59 Å². The first-order valence-corrected chi connectivity index (χ1v) is 14.9. The molecule has 0 spiro atoms. The van der Waals surface area contributed by atoms with Gasteiger partial charge < -0.3 is 19.5 Å². The number of carbonyl (C=O) groups is 2. The number of rotatable bonds is 4. The van der Waals surface area contributed by atoms with Crippen molar-refractivity contribution < 1.29 is 14.3 Å². The first-order chi connectivity index (χ1) is 20.0. The van der Waals surface area contributed by atoms with Gasteiger partial charge in [-0.3, -0.25) is 9.59 Å². The number of amides is 2. The Labute approximate surface area is 245 Å². The lowest BCUT2D eigenvalue weighted by Gasteiger charge is -2.62. The van der Waals surface area contributed by atoms with E-state index in [1.54, 1.807) is 17.3 Å². The molecule has 1 unspecified atom stereocenters. The summed E-state index contributed by atoms with van der Waals surface area (Å²) in [6, 6.07) is 12.0. The third-order valence-corrected chi connectivity index (χ3v) is 10.2. The van der Waals surface area contributed by atoms with E-state index >= 15 is 0 Å². The maximum atomic E-state index is 14.2. The van der Waals surface area contributed by atoms with Crippen molar-refractivity contribution >= 4 is 38.8 Å². The van der Waals surface area contributed by atoms with E-state index in [1.165, 1.54) is 30.9 Å². The molecule has 10 heteroatoms. The van der Waals surface area contributed by atoms with Crippen molar-refractivity contribution in [3.63, 3.8) is 0 Å². The fourth-order valence-corrected chi connectivity index (χ4v) is 7.74. The van der Waals surface area contributed by atoms with E-state index in [2.05, 4.69) is 56.7 Å². The molecule has 3 saturated carbocycles. The number of aromatic amines is 1. The highest BCUT2D eigenvalue weighted by Crippen LogP contribution is 2.65. The summed E-state index contributed by atoms with van der Waals surface area (Å²) in [5, 5.41) is 4.94. The second-order valence-corrected chi connectivity index (χ2v) is 12.6. The lowest BCUT2D eigenvalue weighted by Crippen LogP contribution is -2.55. The van der Waals surface area contributed by atoms with Gasteiger partial charge in [0.05, 0.1) is 46.9 Å². The SMILES string of the molecule is C=CC(=O)N1CCOc2nn(-c3ccc(C45CC(C4)C5)cc3)c3c2C(C1)N(C(=O)c1ccc(Br)c2[nH]cnc12)CC3. The van der Waals surface area contributed by atoms with Crippen LogP contribution in [0.25, 0.3) is 16.7 Å².